The third-order valence-electron chi connectivity index (χ3n) is 5.87. The maximum absolute atomic E-state index is 12.7. The molecule has 0 aromatic heterocycles. The predicted octanol–water partition coefficient (Wildman–Crippen LogP) is 4.65. The zero-order valence-electron chi connectivity index (χ0n) is 17.6. The van der Waals surface area contributed by atoms with E-state index in [0.29, 0.717) is 12.0 Å². The molecule has 1 saturated heterocycles. The molecule has 4 heteroatoms. The summed E-state index contributed by atoms with van der Waals surface area (Å²) in [5.74, 6) is 0.673. The molecule has 1 fully saturated rings. The zero-order chi connectivity index (χ0) is 20.1. The van der Waals surface area contributed by atoms with Crippen molar-refractivity contribution in [2.24, 2.45) is 5.92 Å². The molecule has 0 saturated carbocycles. The van der Waals surface area contributed by atoms with Crippen LogP contribution in [0.25, 0.3) is 0 Å². The average molecular weight is 380 g/mol. The second kappa shape index (κ2) is 9.24. The molecule has 0 bridgehead atoms. The third-order valence-corrected chi connectivity index (χ3v) is 5.87. The van der Waals surface area contributed by atoms with Crippen molar-refractivity contribution in [3.05, 3.63) is 60.2 Å². The van der Waals surface area contributed by atoms with E-state index in [-0.39, 0.29) is 5.91 Å². The first kappa shape index (κ1) is 20.4. The van der Waals surface area contributed by atoms with E-state index < -0.39 is 0 Å². The van der Waals surface area contributed by atoms with Crippen LogP contribution in [-0.2, 0) is 0 Å². The fraction of sp³-hybridized carbons (Fsp3) is 0.458. The lowest BCUT2D eigenvalue weighted by Crippen LogP contribution is -2.47. The Bertz CT molecular complexity index is 755. The molecular formula is C24H33N3O. The fourth-order valence-electron chi connectivity index (χ4n) is 4.30. The maximum atomic E-state index is 12.7. The number of rotatable bonds is 6. The number of likely N-dealkylation sites (tertiary alicyclic amines) is 1. The lowest BCUT2D eigenvalue weighted by Gasteiger charge is -2.43. The molecule has 4 nitrogen and oxygen atoms in total. The fourth-order valence-corrected chi connectivity index (χ4v) is 4.30. The molecule has 2 atom stereocenters. The molecule has 150 valence electrons. The van der Waals surface area contributed by atoms with Crippen LogP contribution in [-0.4, -0.2) is 55.0 Å². The Morgan fingerprint density at radius 3 is 2.18 bits per heavy atom. The lowest BCUT2D eigenvalue weighted by molar-refractivity contribution is 0.0773. The van der Waals surface area contributed by atoms with Gasteiger partial charge in [0.2, 0.25) is 0 Å². The number of carbonyl (C=O) groups excluding carboxylic acids is 1. The van der Waals surface area contributed by atoms with Crippen molar-refractivity contribution in [2.75, 3.05) is 38.1 Å². The molecule has 28 heavy (non-hydrogen) atoms. The van der Waals surface area contributed by atoms with Crippen molar-refractivity contribution < 1.29 is 4.79 Å². The average Bonchev–Trinajstić information content (AvgIpc) is 2.72. The summed E-state index contributed by atoms with van der Waals surface area (Å²) in [6.45, 7) is 10.1. The summed E-state index contributed by atoms with van der Waals surface area (Å²) in [5, 5.41) is 0. The second-order valence-electron chi connectivity index (χ2n) is 7.83. The molecule has 0 unspecified atom stereocenters. The van der Waals surface area contributed by atoms with Crippen molar-refractivity contribution in [2.45, 2.75) is 33.2 Å². The highest BCUT2D eigenvalue weighted by atomic mass is 16.2. The van der Waals surface area contributed by atoms with Gasteiger partial charge in [0.25, 0.3) is 5.91 Å². The van der Waals surface area contributed by atoms with Gasteiger partial charge in [-0.1, -0.05) is 25.1 Å². The van der Waals surface area contributed by atoms with Crippen LogP contribution in [0.15, 0.2) is 54.6 Å². The first-order chi connectivity index (χ1) is 13.5. The predicted molar refractivity (Wildman–Crippen MR) is 117 cm³/mol. The largest absolute Gasteiger partial charge is 0.339 e. The van der Waals surface area contributed by atoms with Gasteiger partial charge in [-0.05, 0) is 76.2 Å². The van der Waals surface area contributed by atoms with Crippen LogP contribution >= 0.6 is 0 Å². The lowest BCUT2D eigenvalue weighted by atomic mass is 9.91. The quantitative estimate of drug-likeness (QED) is 0.731. The van der Waals surface area contributed by atoms with Gasteiger partial charge in [0, 0.05) is 42.6 Å². The Morgan fingerprint density at radius 2 is 1.61 bits per heavy atom. The monoisotopic (exact) mass is 379 g/mol. The molecule has 1 heterocycles. The van der Waals surface area contributed by atoms with Crippen LogP contribution in [0.3, 0.4) is 0 Å². The highest BCUT2D eigenvalue weighted by molar-refractivity contribution is 5.94. The molecule has 3 rings (SSSR count). The Kier molecular flexibility index (Phi) is 6.74. The number of hydrogen-bond acceptors (Lipinski definition) is 3. The highest BCUT2D eigenvalue weighted by Crippen LogP contribution is 2.34. The normalized spacial score (nSPS) is 20.0. The Hall–Kier alpha value is -2.33. The Labute approximate surface area is 169 Å². The molecule has 1 amide bonds. The minimum absolute atomic E-state index is 0.107. The number of para-hydroxylation sites is 1. The minimum atomic E-state index is 0.107. The maximum Gasteiger partial charge on any atom is 0.253 e. The summed E-state index contributed by atoms with van der Waals surface area (Å²) in [6, 6.07) is 19.2. The van der Waals surface area contributed by atoms with Gasteiger partial charge in [-0.2, -0.15) is 0 Å². The van der Waals surface area contributed by atoms with Crippen molar-refractivity contribution in [1.82, 2.24) is 9.80 Å². The van der Waals surface area contributed by atoms with E-state index in [1.807, 2.05) is 30.9 Å². The van der Waals surface area contributed by atoms with Crippen LogP contribution in [0.1, 0.15) is 37.6 Å². The second-order valence-corrected chi connectivity index (χ2v) is 7.83. The Morgan fingerprint density at radius 1 is 1.00 bits per heavy atom. The summed E-state index contributed by atoms with van der Waals surface area (Å²) < 4.78 is 0. The van der Waals surface area contributed by atoms with Gasteiger partial charge in [0.05, 0.1) is 0 Å². The van der Waals surface area contributed by atoms with E-state index in [1.54, 1.807) is 0 Å². The third kappa shape index (κ3) is 4.39. The van der Waals surface area contributed by atoms with Crippen LogP contribution in [0.2, 0.25) is 0 Å². The van der Waals surface area contributed by atoms with Gasteiger partial charge in [-0.25, -0.2) is 0 Å². The van der Waals surface area contributed by atoms with Crippen LogP contribution in [0, 0.1) is 5.92 Å². The number of anilines is 2. The first-order valence-electron chi connectivity index (χ1n) is 10.5. The summed E-state index contributed by atoms with van der Waals surface area (Å²) in [4.78, 5) is 19.4. The van der Waals surface area contributed by atoms with Crippen molar-refractivity contribution in [1.29, 1.82) is 0 Å². The number of benzene rings is 2. The van der Waals surface area contributed by atoms with Crippen LogP contribution in [0.4, 0.5) is 11.4 Å². The topological polar surface area (TPSA) is 26.8 Å². The number of amides is 1. The van der Waals surface area contributed by atoms with Gasteiger partial charge < -0.3 is 14.7 Å². The van der Waals surface area contributed by atoms with Gasteiger partial charge >= 0.3 is 0 Å². The van der Waals surface area contributed by atoms with E-state index in [0.717, 1.165) is 43.9 Å². The smallest absolute Gasteiger partial charge is 0.253 e. The molecule has 2 aromatic rings. The molecular weight excluding hydrogens is 346 g/mol. The number of nitrogens with zero attached hydrogens (tertiary/aromatic N) is 3. The van der Waals surface area contributed by atoms with E-state index >= 15 is 0 Å². The molecule has 0 N–H and O–H groups in total. The molecule has 0 spiro atoms. The molecule has 2 aromatic carbocycles. The van der Waals surface area contributed by atoms with Crippen molar-refractivity contribution in [3.8, 4) is 0 Å². The number of carbonyl (C=O) groups is 1. The first-order valence-corrected chi connectivity index (χ1v) is 10.5. The minimum Gasteiger partial charge on any atom is -0.339 e. The van der Waals surface area contributed by atoms with E-state index in [9.17, 15) is 4.79 Å². The van der Waals surface area contributed by atoms with Crippen molar-refractivity contribution in [3.63, 3.8) is 0 Å². The summed E-state index contributed by atoms with van der Waals surface area (Å²) >= 11 is 0. The van der Waals surface area contributed by atoms with Crippen molar-refractivity contribution >= 4 is 17.3 Å². The van der Waals surface area contributed by atoms with Crippen LogP contribution in [0.5, 0.6) is 0 Å². The Balaban J connectivity index is 1.92. The van der Waals surface area contributed by atoms with E-state index in [4.69, 9.17) is 0 Å². The van der Waals surface area contributed by atoms with E-state index in [2.05, 4.69) is 66.2 Å². The molecule has 1 aliphatic heterocycles. The summed E-state index contributed by atoms with van der Waals surface area (Å²) in [7, 11) is 2.20. The molecule has 0 radical (unpaired) electrons. The van der Waals surface area contributed by atoms with Gasteiger partial charge in [-0.15, -0.1) is 0 Å². The number of hydrogen-bond donors (Lipinski definition) is 0. The number of piperidine rings is 1. The zero-order valence-corrected chi connectivity index (χ0v) is 17.6. The summed E-state index contributed by atoms with van der Waals surface area (Å²) in [6.07, 6.45) is 1.13. The standard InChI is InChI=1S/C24H33N3O/c1-5-26(6-2)24(28)20-12-14-22(15-13-20)27(21-10-8-7-9-11-21)23-16-17-25(4)18-19(23)3/h7-15,19,23H,5-6,16-18H2,1-4H3/t19-,23+/m1/s1. The van der Waals surface area contributed by atoms with Gasteiger partial charge in [-0.3, -0.25) is 4.79 Å². The van der Waals surface area contributed by atoms with Crippen LogP contribution < -0.4 is 4.90 Å². The van der Waals surface area contributed by atoms with E-state index in [1.165, 1.54) is 5.69 Å². The molecule has 1 aliphatic rings. The van der Waals surface area contributed by atoms with Gasteiger partial charge in [0.15, 0.2) is 0 Å². The summed E-state index contributed by atoms with van der Waals surface area (Å²) in [5.41, 5.74) is 3.13. The highest BCUT2D eigenvalue weighted by Gasteiger charge is 2.30. The van der Waals surface area contributed by atoms with Gasteiger partial charge in [0.1, 0.15) is 0 Å². The molecule has 0 aliphatic carbocycles. The SMILES string of the molecule is CCN(CC)C(=O)c1ccc(N(c2ccccc2)[C@H]2CCN(C)C[C@H]2C)cc1.